The monoisotopic (exact) mass is 230 g/mol. The molecule has 0 saturated heterocycles. The van der Waals surface area contributed by atoms with Crippen LogP contribution < -0.4 is 0 Å². The Morgan fingerprint density at radius 3 is 2.56 bits per heavy atom. The van der Waals surface area contributed by atoms with Gasteiger partial charge in [-0.25, -0.2) is 9.59 Å². The van der Waals surface area contributed by atoms with Crippen LogP contribution in [0.5, 0.6) is 0 Å². The molecule has 0 bridgehead atoms. The molecule has 0 aromatic heterocycles. The van der Waals surface area contributed by atoms with Gasteiger partial charge in [0.05, 0.1) is 14.2 Å². The van der Waals surface area contributed by atoms with Crippen molar-refractivity contribution >= 4 is 12.3 Å². The highest BCUT2D eigenvalue weighted by Crippen LogP contribution is 2.22. The quantitative estimate of drug-likeness (QED) is 0.540. The van der Waals surface area contributed by atoms with Crippen LogP contribution >= 0.6 is 0 Å². The fourth-order valence-corrected chi connectivity index (χ4v) is 1.37. The molecular formula is C10H14O6. The maximum Gasteiger partial charge on any atom is 0.508 e. The highest BCUT2D eigenvalue weighted by Gasteiger charge is 2.28. The van der Waals surface area contributed by atoms with Crippen molar-refractivity contribution in [2.75, 3.05) is 20.8 Å². The Morgan fingerprint density at radius 2 is 1.94 bits per heavy atom. The summed E-state index contributed by atoms with van der Waals surface area (Å²) in [6.45, 7) is 0.140. The molecule has 1 aliphatic rings. The maximum absolute atomic E-state index is 10.9. The zero-order valence-corrected chi connectivity index (χ0v) is 9.17. The molecule has 0 heterocycles. The summed E-state index contributed by atoms with van der Waals surface area (Å²) in [5.41, 5.74) is 0. The molecule has 1 rings (SSSR count). The van der Waals surface area contributed by atoms with E-state index >= 15 is 0 Å². The molecule has 0 unspecified atom stereocenters. The van der Waals surface area contributed by atoms with Gasteiger partial charge in [0, 0.05) is 5.92 Å². The third-order valence-electron chi connectivity index (χ3n) is 2.21. The number of ether oxygens (including phenoxy) is 4. The third-order valence-corrected chi connectivity index (χ3v) is 2.21. The predicted molar refractivity (Wildman–Crippen MR) is 52.9 cm³/mol. The summed E-state index contributed by atoms with van der Waals surface area (Å²) >= 11 is 0. The van der Waals surface area contributed by atoms with Crippen LogP contribution in [0.25, 0.3) is 0 Å². The minimum atomic E-state index is -0.750. The second kappa shape index (κ2) is 5.99. The number of hydrogen-bond donors (Lipinski definition) is 0. The fraction of sp³-hybridized carbons (Fsp3) is 0.600. The average Bonchev–Trinajstić information content (AvgIpc) is 2.73. The van der Waals surface area contributed by atoms with E-state index in [1.807, 2.05) is 6.08 Å². The molecule has 0 fully saturated rings. The summed E-state index contributed by atoms with van der Waals surface area (Å²) in [4.78, 5) is 21.7. The van der Waals surface area contributed by atoms with Gasteiger partial charge in [0.2, 0.25) is 0 Å². The van der Waals surface area contributed by atoms with Gasteiger partial charge in [0.1, 0.15) is 12.7 Å². The Balaban J connectivity index is 2.36. The Labute approximate surface area is 93.1 Å². The van der Waals surface area contributed by atoms with Crippen LogP contribution in [0.4, 0.5) is 9.59 Å². The SMILES string of the molecule is COC(=O)OC[C@H]1CC=C[C@H]1OC(=O)OC. The standard InChI is InChI=1S/C10H14O6/c1-13-9(11)15-6-7-4-3-5-8(7)16-10(12)14-2/h3,5,7-8H,4,6H2,1-2H3/t7-,8-/m1/s1. The van der Waals surface area contributed by atoms with Crippen LogP contribution in [0.1, 0.15) is 6.42 Å². The number of rotatable bonds is 3. The molecule has 6 nitrogen and oxygen atoms in total. The van der Waals surface area contributed by atoms with E-state index in [1.54, 1.807) is 6.08 Å². The first-order valence-electron chi connectivity index (χ1n) is 4.79. The highest BCUT2D eigenvalue weighted by molar-refractivity contribution is 5.60. The smallest absolute Gasteiger partial charge is 0.438 e. The van der Waals surface area contributed by atoms with E-state index in [4.69, 9.17) is 9.47 Å². The zero-order valence-electron chi connectivity index (χ0n) is 9.17. The van der Waals surface area contributed by atoms with Gasteiger partial charge in [-0.1, -0.05) is 6.08 Å². The molecule has 2 atom stereocenters. The molecule has 16 heavy (non-hydrogen) atoms. The van der Waals surface area contributed by atoms with Gasteiger partial charge in [-0.15, -0.1) is 0 Å². The van der Waals surface area contributed by atoms with Crippen molar-refractivity contribution < 1.29 is 28.5 Å². The normalized spacial score (nSPS) is 22.6. The molecule has 90 valence electrons. The number of carbonyl (C=O) groups excluding carboxylic acids is 2. The molecule has 0 saturated carbocycles. The Bertz CT molecular complexity index is 285. The number of allylic oxidation sites excluding steroid dienone is 1. The average molecular weight is 230 g/mol. The zero-order chi connectivity index (χ0) is 12.0. The molecule has 0 aromatic carbocycles. The Morgan fingerprint density at radius 1 is 1.25 bits per heavy atom. The summed E-state index contributed by atoms with van der Waals surface area (Å²) in [6, 6.07) is 0. The maximum atomic E-state index is 10.9. The molecule has 1 aliphatic carbocycles. The van der Waals surface area contributed by atoms with Gasteiger partial charge < -0.3 is 18.9 Å². The largest absolute Gasteiger partial charge is 0.508 e. The minimum Gasteiger partial charge on any atom is -0.438 e. The molecule has 0 amide bonds. The van der Waals surface area contributed by atoms with Crippen molar-refractivity contribution in [1.82, 2.24) is 0 Å². The van der Waals surface area contributed by atoms with Gasteiger partial charge in [-0.2, -0.15) is 0 Å². The first kappa shape index (κ1) is 12.4. The van der Waals surface area contributed by atoms with Crippen molar-refractivity contribution in [3.05, 3.63) is 12.2 Å². The summed E-state index contributed by atoms with van der Waals surface area (Å²) in [7, 11) is 2.47. The summed E-state index contributed by atoms with van der Waals surface area (Å²) in [5.74, 6) is -0.0850. The van der Waals surface area contributed by atoms with Crippen molar-refractivity contribution in [3.63, 3.8) is 0 Å². The summed E-state index contributed by atoms with van der Waals surface area (Å²) < 4.78 is 18.5. The first-order chi connectivity index (χ1) is 7.67. The van der Waals surface area contributed by atoms with Gasteiger partial charge in [0.25, 0.3) is 0 Å². The lowest BCUT2D eigenvalue weighted by atomic mass is 10.1. The second-order valence-corrected chi connectivity index (χ2v) is 3.23. The molecule has 0 aromatic rings. The van der Waals surface area contributed by atoms with E-state index in [0.29, 0.717) is 6.42 Å². The lowest BCUT2D eigenvalue weighted by molar-refractivity contribution is 0.0115. The lowest BCUT2D eigenvalue weighted by Gasteiger charge is -2.18. The summed E-state index contributed by atoms with van der Waals surface area (Å²) in [5, 5.41) is 0. The minimum absolute atomic E-state index is 0.0850. The fourth-order valence-electron chi connectivity index (χ4n) is 1.37. The topological polar surface area (TPSA) is 71.1 Å². The third kappa shape index (κ3) is 3.45. The molecular weight excluding hydrogens is 216 g/mol. The van der Waals surface area contributed by atoms with E-state index in [1.165, 1.54) is 14.2 Å². The number of hydrogen-bond acceptors (Lipinski definition) is 6. The van der Waals surface area contributed by atoms with Crippen LogP contribution in [0.2, 0.25) is 0 Å². The molecule has 0 spiro atoms. The van der Waals surface area contributed by atoms with Crippen LogP contribution in [-0.4, -0.2) is 39.2 Å². The van der Waals surface area contributed by atoms with Crippen LogP contribution in [0.15, 0.2) is 12.2 Å². The van der Waals surface area contributed by atoms with Crippen molar-refractivity contribution in [3.8, 4) is 0 Å². The van der Waals surface area contributed by atoms with Gasteiger partial charge in [-0.05, 0) is 12.5 Å². The molecule has 0 aliphatic heterocycles. The van der Waals surface area contributed by atoms with Gasteiger partial charge in [-0.3, -0.25) is 0 Å². The van der Waals surface area contributed by atoms with Crippen molar-refractivity contribution in [2.24, 2.45) is 5.92 Å². The first-order valence-corrected chi connectivity index (χ1v) is 4.79. The summed E-state index contributed by atoms with van der Waals surface area (Å²) in [6.07, 6.45) is 2.36. The van der Waals surface area contributed by atoms with E-state index in [9.17, 15) is 9.59 Å². The Hall–Kier alpha value is -1.72. The van der Waals surface area contributed by atoms with Gasteiger partial charge in [0.15, 0.2) is 0 Å². The van der Waals surface area contributed by atoms with Crippen molar-refractivity contribution in [2.45, 2.75) is 12.5 Å². The van der Waals surface area contributed by atoms with E-state index in [2.05, 4.69) is 9.47 Å². The van der Waals surface area contributed by atoms with Crippen LogP contribution in [-0.2, 0) is 18.9 Å². The lowest BCUT2D eigenvalue weighted by Crippen LogP contribution is -2.26. The molecule has 6 heteroatoms. The molecule has 0 radical (unpaired) electrons. The van der Waals surface area contributed by atoms with E-state index in [-0.39, 0.29) is 12.5 Å². The van der Waals surface area contributed by atoms with Crippen LogP contribution in [0, 0.1) is 5.92 Å². The number of methoxy groups -OCH3 is 2. The Kier molecular flexibility index (Phi) is 4.63. The van der Waals surface area contributed by atoms with Crippen molar-refractivity contribution in [1.29, 1.82) is 0 Å². The number of carbonyl (C=O) groups is 2. The molecule has 0 N–H and O–H groups in total. The van der Waals surface area contributed by atoms with E-state index < -0.39 is 18.4 Å². The van der Waals surface area contributed by atoms with Gasteiger partial charge >= 0.3 is 12.3 Å². The highest BCUT2D eigenvalue weighted by atomic mass is 16.7. The van der Waals surface area contributed by atoms with E-state index in [0.717, 1.165) is 0 Å². The van der Waals surface area contributed by atoms with Crippen LogP contribution in [0.3, 0.4) is 0 Å². The predicted octanol–water partition coefficient (Wildman–Crippen LogP) is 1.50. The second-order valence-electron chi connectivity index (χ2n) is 3.23.